The van der Waals surface area contributed by atoms with E-state index in [2.05, 4.69) is 10.6 Å². The maximum Gasteiger partial charge on any atom is 0.294 e. The van der Waals surface area contributed by atoms with Gasteiger partial charge in [0.25, 0.3) is 10.1 Å². The minimum atomic E-state index is -4.09. The van der Waals surface area contributed by atoms with Gasteiger partial charge in [-0.25, -0.2) is 0 Å². The van der Waals surface area contributed by atoms with Crippen molar-refractivity contribution in [3.05, 3.63) is 24.3 Å². The van der Waals surface area contributed by atoms with E-state index in [1.54, 1.807) is 12.1 Å². The number of likely N-dealkylation sites (N-methyl/N-ethyl adjacent to an activating group) is 1. The van der Waals surface area contributed by atoms with Gasteiger partial charge in [-0.3, -0.25) is 4.55 Å². The molecule has 16 heavy (non-hydrogen) atoms. The van der Waals surface area contributed by atoms with Gasteiger partial charge in [0.15, 0.2) is 0 Å². The molecule has 0 unspecified atom stereocenters. The molecule has 3 N–H and O–H groups in total. The summed E-state index contributed by atoms with van der Waals surface area (Å²) in [5.74, 6) is 0. The Kier molecular flexibility index (Phi) is 4.72. The Hall–Kier alpha value is -1.11. The first-order chi connectivity index (χ1) is 7.54. The van der Waals surface area contributed by atoms with Gasteiger partial charge in [0.05, 0.1) is 4.90 Å². The molecular formula is C10H16N2O3S. The largest absolute Gasteiger partial charge is 0.384 e. The molecule has 0 fully saturated rings. The average Bonchev–Trinajstić information content (AvgIpc) is 2.24. The number of benzene rings is 1. The van der Waals surface area contributed by atoms with Crippen LogP contribution in [0, 0.1) is 0 Å². The molecule has 0 saturated carbocycles. The van der Waals surface area contributed by atoms with Gasteiger partial charge in [0, 0.05) is 18.8 Å². The van der Waals surface area contributed by atoms with Gasteiger partial charge in [0.2, 0.25) is 0 Å². The molecule has 0 aromatic heterocycles. The summed E-state index contributed by atoms with van der Waals surface area (Å²) in [4.78, 5) is -0.0928. The van der Waals surface area contributed by atoms with E-state index in [9.17, 15) is 8.42 Å². The van der Waals surface area contributed by atoms with Crippen molar-refractivity contribution < 1.29 is 13.0 Å². The zero-order valence-corrected chi connectivity index (χ0v) is 9.92. The topological polar surface area (TPSA) is 78.4 Å². The van der Waals surface area contributed by atoms with Gasteiger partial charge in [0.1, 0.15) is 0 Å². The standard InChI is InChI=1S/C10H16N2O3S/c1-2-11-7-8-12-9-3-5-10(6-4-9)16(13,14)15/h3-6,11-12H,2,7-8H2,1H3,(H,13,14,15). The molecule has 0 amide bonds. The Morgan fingerprint density at radius 2 is 1.81 bits per heavy atom. The van der Waals surface area contributed by atoms with Crippen molar-refractivity contribution in [1.29, 1.82) is 0 Å². The number of rotatable bonds is 6. The van der Waals surface area contributed by atoms with Gasteiger partial charge in [-0.15, -0.1) is 0 Å². The zero-order valence-electron chi connectivity index (χ0n) is 9.10. The van der Waals surface area contributed by atoms with Crippen LogP contribution in [-0.2, 0) is 10.1 Å². The third-order valence-electron chi connectivity index (χ3n) is 2.03. The normalized spacial score (nSPS) is 11.4. The summed E-state index contributed by atoms with van der Waals surface area (Å²) in [5.41, 5.74) is 0.824. The minimum absolute atomic E-state index is 0.0928. The van der Waals surface area contributed by atoms with E-state index in [4.69, 9.17) is 4.55 Å². The quantitative estimate of drug-likeness (QED) is 0.513. The fourth-order valence-electron chi connectivity index (χ4n) is 1.22. The number of nitrogens with one attached hydrogen (secondary N) is 2. The summed E-state index contributed by atoms with van der Waals surface area (Å²) in [6, 6.07) is 5.97. The molecule has 0 saturated heterocycles. The Labute approximate surface area is 95.6 Å². The molecule has 0 aliphatic heterocycles. The molecule has 1 aromatic carbocycles. The molecule has 0 spiro atoms. The minimum Gasteiger partial charge on any atom is -0.384 e. The summed E-state index contributed by atoms with van der Waals surface area (Å²) >= 11 is 0. The first-order valence-corrected chi connectivity index (χ1v) is 6.50. The van der Waals surface area contributed by atoms with Crippen LogP contribution < -0.4 is 10.6 Å². The van der Waals surface area contributed by atoms with E-state index in [-0.39, 0.29) is 4.90 Å². The van der Waals surface area contributed by atoms with Crippen LogP contribution in [-0.4, -0.2) is 32.6 Å². The highest BCUT2D eigenvalue weighted by molar-refractivity contribution is 7.85. The van der Waals surface area contributed by atoms with Crippen LogP contribution in [0.15, 0.2) is 29.2 Å². The van der Waals surface area contributed by atoms with Crippen LogP contribution in [0.3, 0.4) is 0 Å². The monoisotopic (exact) mass is 244 g/mol. The lowest BCUT2D eigenvalue weighted by Crippen LogP contribution is -2.21. The van der Waals surface area contributed by atoms with Crippen LogP contribution in [0.4, 0.5) is 5.69 Å². The lowest BCUT2D eigenvalue weighted by molar-refractivity contribution is 0.483. The van der Waals surface area contributed by atoms with Gasteiger partial charge >= 0.3 is 0 Å². The van der Waals surface area contributed by atoms with Crippen molar-refractivity contribution >= 4 is 15.8 Å². The molecule has 0 aliphatic carbocycles. The highest BCUT2D eigenvalue weighted by Gasteiger charge is 2.07. The van der Waals surface area contributed by atoms with Crippen LogP contribution in [0.1, 0.15) is 6.92 Å². The third kappa shape index (κ3) is 4.18. The van der Waals surface area contributed by atoms with Crippen molar-refractivity contribution in [2.75, 3.05) is 25.0 Å². The van der Waals surface area contributed by atoms with E-state index >= 15 is 0 Å². The molecule has 0 radical (unpaired) electrons. The molecule has 1 rings (SSSR count). The van der Waals surface area contributed by atoms with Gasteiger partial charge in [-0.05, 0) is 30.8 Å². The second kappa shape index (κ2) is 5.83. The van der Waals surface area contributed by atoms with Crippen molar-refractivity contribution in [2.45, 2.75) is 11.8 Å². The molecule has 6 heteroatoms. The predicted octanol–water partition coefficient (Wildman–Crippen LogP) is 0.955. The average molecular weight is 244 g/mol. The SMILES string of the molecule is CCNCCNc1ccc(S(=O)(=O)O)cc1. The third-order valence-corrected chi connectivity index (χ3v) is 2.90. The van der Waals surface area contributed by atoms with E-state index in [0.717, 1.165) is 25.3 Å². The van der Waals surface area contributed by atoms with E-state index in [1.165, 1.54) is 12.1 Å². The van der Waals surface area contributed by atoms with Crippen molar-refractivity contribution in [3.8, 4) is 0 Å². The summed E-state index contributed by atoms with van der Waals surface area (Å²) < 4.78 is 30.3. The highest BCUT2D eigenvalue weighted by atomic mass is 32.2. The van der Waals surface area contributed by atoms with Crippen molar-refractivity contribution in [3.63, 3.8) is 0 Å². The molecule has 1 aromatic rings. The van der Waals surface area contributed by atoms with Gasteiger partial charge in [-0.1, -0.05) is 6.92 Å². The smallest absolute Gasteiger partial charge is 0.294 e. The Morgan fingerprint density at radius 3 is 2.31 bits per heavy atom. The summed E-state index contributed by atoms with van der Waals surface area (Å²) in [6.45, 7) is 4.56. The van der Waals surface area contributed by atoms with Crippen LogP contribution in [0.5, 0.6) is 0 Å². The second-order valence-corrected chi connectivity index (χ2v) is 4.70. The van der Waals surface area contributed by atoms with Gasteiger partial charge in [-0.2, -0.15) is 8.42 Å². The molecule has 0 atom stereocenters. The fraction of sp³-hybridized carbons (Fsp3) is 0.400. The van der Waals surface area contributed by atoms with E-state index in [1.807, 2.05) is 6.92 Å². The predicted molar refractivity (Wildman–Crippen MR) is 63.3 cm³/mol. The van der Waals surface area contributed by atoms with Gasteiger partial charge < -0.3 is 10.6 Å². The lowest BCUT2D eigenvalue weighted by atomic mass is 10.3. The molecule has 0 bridgehead atoms. The van der Waals surface area contributed by atoms with Crippen LogP contribution >= 0.6 is 0 Å². The van der Waals surface area contributed by atoms with Crippen molar-refractivity contribution in [1.82, 2.24) is 5.32 Å². The number of hydrogen-bond acceptors (Lipinski definition) is 4. The summed E-state index contributed by atoms with van der Waals surface area (Å²) in [7, 11) is -4.09. The first-order valence-electron chi connectivity index (χ1n) is 5.06. The Balaban J connectivity index is 2.52. The second-order valence-electron chi connectivity index (χ2n) is 3.28. The number of anilines is 1. The molecule has 0 heterocycles. The highest BCUT2D eigenvalue weighted by Crippen LogP contribution is 2.13. The Bertz CT molecular complexity index is 414. The first kappa shape index (κ1) is 13.0. The Morgan fingerprint density at radius 1 is 1.19 bits per heavy atom. The van der Waals surface area contributed by atoms with Crippen LogP contribution in [0.25, 0.3) is 0 Å². The zero-order chi connectivity index (χ0) is 12.0. The van der Waals surface area contributed by atoms with E-state index < -0.39 is 10.1 Å². The molecule has 90 valence electrons. The summed E-state index contributed by atoms with van der Waals surface area (Å²) in [5, 5.41) is 6.27. The molecule has 5 nitrogen and oxygen atoms in total. The molecule has 0 aliphatic rings. The molecular weight excluding hydrogens is 228 g/mol. The van der Waals surface area contributed by atoms with Crippen molar-refractivity contribution in [2.24, 2.45) is 0 Å². The fourth-order valence-corrected chi connectivity index (χ4v) is 1.70. The van der Waals surface area contributed by atoms with Crippen LogP contribution in [0.2, 0.25) is 0 Å². The van der Waals surface area contributed by atoms with E-state index in [0.29, 0.717) is 0 Å². The maximum absolute atomic E-state index is 10.8. The summed E-state index contributed by atoms with van der Waals surface area (Å²) in [6.07, 6.45) is 0. The maximum atomic E-state index is 10.8. The lowest BCUT2D eigenvalue weighted by Gasteiger charge is -2.06. The number of hydrogen-bond donors (Lipinski definition) is 3.